The molecular formula is C12H23NO2. The van der Waals surface area contributed by atoms with Crippen molar-refractivity contribution >= 4 is 0 Å². The standard InChI is InChI=1S/C12H23NO2/c1-4-7-12(5-2)13-8-11-15-10-6-9-14-3/h1,12-13H,5-11H2,2-3H3. The van der Waals surface area contributed by atoms with E-state index in [4.69, 9.17) is 15.9 Å². The Kier molecular flexibility index (Phi) is 11.1. The molecule has 0 aliphatic rings. The lowest BCUT2D eigenvalue weighted by molar-refractivity contribution is 0.103. The molecule has 0 fully saturated rings. The fourth-order valence-electron chi connectivity index (χ4n) is 1.25. The van der Waals surface area contributed by atoms with Crippen LogP contribution in [0.3, 0.4) is 0 Å². The third-order valence-electron chi connectivity index (χ3n) is 2.17. The summed E-state index contributed by atoms with van der Waals surface area (Å²) in [6.07, 6.45) is 8.07. The van der Waals surface area contributed by atoms with Crippen LogP contribution in [-0.2, 0) is 9.47 Å². The SMILES string of the molecule is C#CCC(CC)NCCOCCCOC. The summed E-state index contributed by atoms with van der Waals surface area (Å²) in [7, 11) is 1.70. The monoisotopic (exact) mass is 213 g/mol. The predicted molar refractivity (Wildman–Crippen MR) is 62.8 cm³/mol. The van der Waals surface area contributed by atoms with Crippen LogP contribution in [0.2, 0.25) is 0 Å². The molecule has 0 saturated heterocycles. The van der Waals surface area contributed by atoms with Gasteiger partial charge in [-0.05, 0) is 12.8 Å². The van der Waals surface area contributed by atoms with Crippen LogP contribution in [0.5, 0.6) is 0 Å². The summed E-state index contributed by atoms with van der Waals surface area (Å²) in [5.74, 6) is 2.67. The Balaban J connectivity index is 3.18. The molecule has 1 atom stereocenters. The van der Waals surface area contributed by atoms with Crippen molar-refractivity contribution in [3.05, 3.63) is 0 Å². The number of terminal acetylenes is 1. The van der Waals surface area contributed by atoms with Crippen LogP contribution in [0.1, 0.15) is 26.2 Å². The molecule has 1 unspecified atom stereocenters. The Morgan fingerprint density at radius 1 is 1.33 bits per heavy atom. The van der Waals surface area contributed by atoms with Gasteiger partial charge in [-0.3, -0.25) is 0 Å². The lowest BCUT2D eigenvalue weighted by Gasteiger charge is -2.13. The summed E-state index contributed by atoms with van der Waals surface area (Å²) in [6, 6.07) is 0.428. The lowest BCUT2D eigenvalue weighted by atomic mass is 10.1. The molecule has 0 aromatic carbocycles. The highest BCUT2D eigenvalue weighted by Crippen LogP contribution is 1.94. The van der Waals surface area contributed by atoms with Gasteiger partial charge in [0.15, 0.2) is 0 Å². The molecule has 0 aliphatic heterocycles. The van der Waals surface area contributed by atoms with Gasteiger partial charge in [0.05, 0.1) is 6.61 Å². The fraction of sp³-hybridized carbons (Fsp3) is 0.833. The quantitative estimate of drug-likeness (QED) is 0.440. The zero-order chi connectivity index (χ0) is 11.4. The molecule has 0 spiro atoms. The first-order chi connectivity index (χ1) is 7.35. The molecule has 3 nitrogen and oxygen atoms in total. The molecule has 0 bridgehead atoms. The first kappa shape index (κ1) is 14.4. The molecule has 15 heavy (non-hydrogen) atoms. The summed E-state index contributed by atoms with van der Waals surface area (Å²) < 4.78 is 10.3. The minimum atomic E-state index is 0.428. The van der Waals surface area contributed by atoms with Crippen LogP contribution in [-0.4, -0.2) is 39.5 Å². The highest BCUT2D eigenvalue weighted by Gasteiger charge is 2.01. The van der Waals surface area contributed by atoms with Gasteiger partial charge in [0.25, 0.3) is 0 Å². The first-order valence-electron chi connectivity index (χ1n) is 5.58. The maximum absolute atomic E-state index is 5.41. The predicted octanol–water partition coefficient (Wildman–Crippen LogP) is 1.43. The zero-order valence-corrected chi connectivity index (χ0v) is 9.92. The third-order valence-corrected chi connectivity index (χ3v) is 2.17. The average molecular weight is 213 g/mol. The Morgan fingerprint density at radius 3 is 2.73 bits per heavy atom. The summed E-state index contributed by atoms with van der Waals surface area (Å²) in [6.45, 7) is 5.27. The van der Waals surface area contributed by atoms with Crippen LogP contribution in [0.25, 0.3) is 0 Å². The highest BCUT2D eigenvalue weighted by atomic mass is 16.5. The van der Waals surface area contributed by atoms with E-state index in [1.165, 1.54) is 0 Å². The molecular weight excluding hydrogens is 190 g/mol. The number of nitrogens with one attached hydrogen (secondary N) is 1. The van der Waals surface area contributed by atoms with Gasteiger partial charge in [0.2, 0.25) is 0 Å². The van der Waals surface area contributed by atoms with Crippen molar-refractivity contribution in [3.63, 3.8) is 0 Å². The van der Waals surface area contributed by atoms with Gasteiger partial charge in [0.1, 0.15) is 0 Å². The normalized spacial score (nSPS) is 12.3. The van der Waals surface area contributed by atoms with Crippen molar-refractivity contribution in [2.45, 2.75) is 32.2 Å². The number of hydrogen-bond acceptors (Lipinski definition) is 3. The van der Waals surface area contributed by atoms with Gasteiger partial charge in [-0.15, -0.1) is 12.3 Å². The molecule has 1 N–H and O–H groups in total. The van der Waals surface area contributed by atoms with E-state index in [9.17, 15) is 0 Å². The number of hydrogen-bond donors (Lipinski definition) is 1. The van der Waals surface area contributed by atoms with Crippen LogP contribution < -0.4 is 5.32 Å². The van der Waals surface area contributed by atoms with E-state index in [1.54, 1.807) is 7.11 Å². The second kappa shape index (κ2) is 11.5. The lowest BCUT2D eigenvalue weighted by Crippen LogP contribution is -2.31. The average Bonchev–Trinajstić information content (AvgIpc) is 2.26. The van der Waals surface area contributed by atoms with E-state index in [1.807, 2.05) is 0 Å². The van der Waals surface area contributed by atoms with Crippen LogP contribution in [0.15, 0.2) is 0 Å². The third kappa shape index (κ3) is 9.74. The van der Waals surface area contributed by atoms with Gasteiger partial charge in [-0.2, -0.15) is 0 Å². The molecule has 0 heterocycles. The Hall–Kier alpha value is -0.560. The van der Waals surface area contributed by atoms with E-state index < -0.39 is 0 Å². The Labute approximate surface area is 93.5 Å². The van der Waals surface area contributed by atoms with E-state index in [2.05, 4.69) is 18.2 Å². The topological polar surface area (TPSA) is 30.5 Å². The van der Waals surface area contributed by atoms with E-state index >= 15 is 0 Å². The molecule has 0 amide bonds. The van der Waals surface area contributed by atoms with Crippen LogP contribution in [0, 0.1) is 12.3 Å². The van der Waals surface area contributed by atoms with E-state index in [0.29, 0.717) is 6.04 Å². The van der Waals surface area contributed by atoms with Crippen molar-refractivity contribution < 1.29 is 9.47 Å². The summed E-state index contributed by atoms with van der Waals surface area (Å²) in [5.41, 5.74) is 0. The molecule has 0 aromatic heterocycles. The van der Waals surface area contributed by atoms with Gasteiger partial charge in [-0.25, -0.2) is 0 Å². The maximum atomic E-state index is 5.41. The largest absolute Gasteiger partial charge is 0.385 e. The van der Waals surface area contributed by atoms with E-state index in [-0.39, 0.29) is 0 Å². The van der Waals surface area contributed by atoms with E-state index in [0.717, 1.165) is 45.6 Å². The van der Waals surface area contributed by atoms with Crippen LogP contribution >= 0.6 is 0 Å². The van der Waals surface area contributed by atoms with Crippen molar-refractivity contribution in [2.24, 2.45) is 0 Å². The minimum Gasteiger partial charge on any atom is -0.385 e. The zero-order valence-electron chi connectivity index (χ0n) is 9.92. The molecule has 0 aromatic rings. The molecule has 0 aliphatic carbocycles. The van der Waals surface area contributed by atoms with Gasteiger partial charge < -0.3 is 14.8 Å². The van der Waals surface area contributed by atoms with Crippen molar-refractivity contribution in [1.82, 2.24) is 5.32 Å². The summed E-state index contributed by atoms with van der Waals surface area (Å²) in [5, 5.41) is 3.36. The fourth-order valence-corrected chi connectivity index (χ4v) is 1.25. The van der Waals surface area contributed by atoms with Crippen molar-refractivity contribution in [1.29, 1.82) is 0 Å². The van der Waals surface area contributed by atoms with Crippen molar-refractivity contribution in [2.75, 3.05) is 33.5 Å². The molecule has 0 saturated carbocycles. The molecule has 88 valence electrons. The van der Waals surface area contributed by atoms with Crippen LogP contribution in [0.4, 0.5) is 0 Å². The smallest absolute Gasteiger partial charge is 0.0591 e. The maximum Gasteiger partial charge on any atom is 0.0591 e. The number of methoxy groups -OCH3 is 1. The molecule has 0 radical (unpaired) electrons. The van der Waals surface area contributed by atoms with Crippen molar-refractivity contribution in [3.8, 4) is 12.3 Å². The second-order valence-corrected chi connectivity index (χ2v) is 3.43. The Morgan fingerprint density at radius 2 is 2.13 bits per heavy atom. The molecule has 0 rings (SSSR count). The minimum absolute atomic E-state index is 0.428. The number of ether oxygens (including phenoxy) is 2. The number of rotatable bonds is 10. The summed E-state index contributed by atoms with van der Waals surface area (Å²) >= 11 is 0. The highest BCUT2D eigenvalue weighted by molar-refractivity contribution is 4.89. The summed E-state index contributed by atoms with van der Waals surface area (Å²) in [4.78, 5) is 0. The molecule has 3 heteroatoms. The second-order valence-electron chi connectivity index (χ2n) is 3.43. The van der Waals surface area contributed by atoms with Gasteiger partial charge in [-0.1, -0.05) is 6.92 Å². The van der Waals surface area contributed by atoms with Gasteiger partial charge in [0, 0.05) is 39.3 Å². The van der Waals surface area contributed by atoms with Gasteiger partial charge >= 0.3 is 0 Å². The first-order valence-corrected chi connectivity index (χ1v) is 5.58. The Bertz CT molecular complexity index is 165.